The molecule has 4 N–H and O–H groups in total. The normalized spacial score (nSPS) is 21.4. The molecule has 0 spiro atoms. The summed E-state index contributed by atoms with van der Waals surface area (Å²) >= 11 is 7.81. The Labute approximate surface area is 455 Å². The van der Waals surface area contributed by atoms with Crippen LogP contribution in [-0.2, 0) is 37.8 Å². The molecule has 0 bridgehead atoms. The summed E-state index contributed by atoms with van der Waals surface area (Å²) < 4.78 is 81.3. The van der Waals surface area contributed by atoms with Gasteiger partial charge in [0.1, 0.15) is 60.0 Å². The number of halogens is 5. The molecule has 9 heterocycles. The van der Waals surface area contributed by atoms with E-state index in [9.17, 15) is 33.9 Å². The number of esters is 1. The molecule has 79 heavy (non-hydrogen) atoms. The van der Waals surface area contributed by atoms with E-state index in [1.165, 1.54) is 27.7 Å². The van der Waals surface area contributed by atoms with Crippen LogP contribution in [0, 0.1) is 28.8 Å². The molecule has 4 aromatic heterocycles. The molecule has 18 nitrogen and oxygen atoms in total. The number of pyridine rings is 2. The number of thiophene rings is 1. The van der Waals surface area contributed by atoms with Gasteiger partial charge in [-0.2, -0.15) is 15.2 Å². The van der Waals surface area contributed by atoms with Crippen LogP contribution in [0.2, 0.25) is 5.02 Å². The Kier molecular flexibility index (Phi) is 12.6. The summed E-state index contributed by atoms with van der Waals surface area (Å²) in [6, 6.07) is 11.0. The van der Waals surface area contributed by atoms with Crippen molar-refractivity contribution >= 4 is 89.3 Å². The van der Waals surface area contributed by atoms with Gasteiger partial charge in [0.2, 0.25) is 0 Å². The first kappa shape index (κ1) is 51.8. The van der Waals surface area contributed by atoms with Gasteiger partial charge in [-0.25, -0.2) is 32.1 Å². The van der Waals surface area contributed by atoms with E-state index in [1.54, 1.807) is 19.1 Å². The van der Waals surface area contributed by atoms with E-state index in [4.69, 9.17) is 36.5 Å². The number of carbonyl (C=O) groups is 3. The van der Waals surface area contributed by atoms with Gasteiger partial charge in [-0.05, 0) is 68.6 Å². The molecule has 4 atom stereocenters. The van der Waals surface area contributed by atoms with E-state index in [1.807, 2.05) is 17.9 Å². The number of amides is 2. The zero-order chi connectivity index (χ0) is 55.6. The number of nitrogen functional groups attached to an aromatic ring is 1. The highest BCUT2D eigenvalue weighted by Gasteiger charge is 2.50. The number of piperazine rings is 1. The summed E-state index contributed by atoms with van der Waals surface area (Å²) in [6.07, 6.45) is -0.370. The highest BCUT2D eigenvalue weighted by atomic mass is 35.5. The molecule has 5 aliphatic heterocycles. The predicted molar refractivity (Wildman–Crippen MR) is 285 cm³/mol. The summed E-state index contributed by atoms with van der Waals surface area (Å²) in [4.78, 5) is 72.6. The number of nitrogens with zero attached hydrogens (tertiary/aromatic N) is 8. The third-order valence-corrected chi connectivity index (χ3v) is 17.3. The van der Waals surface area contributed by atoms with Gasteiger partial charge in [0.25, 0.3) is 11.5 Å². The van der Waals surface area contributed by atoms with Crippen molar-refractivity contribution < 1.29 is 51.3 Å². The number of fused-ring (bicyclic) bond motifs is 8. The number of aliphatic hydroxyl groups is 1. The van der Waals surface area contributed by atoms with Crippen molar-refractivity contribution in [2.75, 3.05) is 61.9 Å². The number of nitriles is 1. The van der Waals surface area contributed by atoms with Crippen LogP contribution in [0.4, 0.5) is 38.9 Å². The molecule has 0 aliphatic carbocycles. The minimum atomic E-state index is -2.02. The SMILES string of the molecule is C=C(COC(=O)Nc1cc2cc3c(nc2cc1F)-c1cc2c(c(=O)n1C3)COC(=O)[C@]2(O)CC)C(=O)N1CCN(c2nc(OC[C@@]34CCCN3C[C@H](F)C4)nc3c(F)c(-c4ccc(F)c5sc(N)c(C#N)c45)c(Cl)cc23)[C@@H](C)C1. The van der Waals surface area contributed by atoms with Crippen LogP contribution in [0.3, 0.4) is 0 Å². The number of ether oxygens (including phenoxy) is 3. The first-order valence-electron chi connectivity index (χ1n) is 25.4. The summed E-state index contributed by atoms with van der Waals surface area (Å²) in [5.41, 5.74) is 4.24. The van der Waals surface area contributed by atoms with Crippen LogP contribution in [0.5, 0.6) is 6.01 Å². The standard InChI is InChI=1S/C55H47ClF4N10O8S/c1-4-55(75)34-15-40-44-28(20-70(40)50(72)33(34)23-76-51(55)73)12-27-13-39(37(59)16-38(27)63-44)64-53(74)77-22-25(2)49(71)67-10-11-69(26(3)19-67)48-31-14-35(56)42(30-6-7-36(58)46-41(30)32(18-61)47(62)79-46)43(60)45(31)65-52(66-48)78-24-54-8-5-9-68(54)21-29(57)17-54/h6-7,12-16,26,29,75H,2,4-5,8-11,17,19-24,62H2,1,3H3,(H,64,74)/t26-,29+,54-,55-/m0/s1. The molecular formula is C55H47ClF4N10O8S. The average Bonchev–Trinajstić information content (AvgIpc) is 4.20. The minimum absolute atomic E-state index is 0.0300. The van der Waals surface area contributed by atoms with E-state index < -0.39 is 70.9 Å². The summed E-state index contributed by atoms with van der Waals surface area (Å²) in [7, 11) is 0. The van der Waals surface area contributed by atoms with Crippen LogP contribution in [0.25, 0.3) is 54.4 Å². The average molecular weight is 1120 g/mol. The number of aromatic nitrogens is 4. The maximum absolute atomic E-state index is 17.4. The number of alkyl halides is 1. The van der Waals surface area contributed by atoms with Crippen molar-refractivity contribution in [1.82, 2.24) is 29.3 Å². The fourth-order valence-corrected chi connectivity index (χ4v) is 13.2. The fraction of sp³-hybridized carbons (Fsp3) is 0.345. The quantitative estimate of drug-likeness (QED) is 0.0665. The lowest BCUT2D eigenvalue weighted by Crippen LogP contribution is -2.54. The van der Waals surface area contributed by atoms with Gasteiger partial charge in [0, 0.05) is 83.1 Å². The minimum Gasteiger partial charge on any atom is -0.461 e. The molecule has 5 aliphatic rings. The van der Waals surface area contributed by atoms with Crippen LogP contribution < -0.4 is 26.2 Å². The zero-order valence-corrected chi connectivity index (χ0v) is 43.9. The molecule has 3 saturated heterocycles. The van der Waals surface area contributed by atoms with Crippen LogP contribution in [0.1, 0.15) is 61.8 Å². The lowest BCUT2D eigenvalue weighted by molar-refractivity contribution is -0.172. The molecule has 0 unspecified atom stereocenters. The molecule has 3 fully saturated rings. The van der Waals surface area contributed by atoms with E-state index >= 15 is 13.2 Å². The fourth-order valence-electron chi connectivity index (χ4n) is 12.0. The van der Waals surface area contributed by atoms with Gasteiger partial charge < -0.3 is 39.4 Å². The lowest BCUT2D eigenvalue weighted by Gasteiger charge is -2.41. The van der Waals surface area contributed by atoms with E-state index in [0.29, 0.717) is 35.3 Å². The number of nitrogens with two attached hydrogens (primary N) is 1. The second-order valence-corrected chi connectivity index (χ2v) is 22.1. The third kappa shape index (κ3) is 8.37. The van der Waals surface area contributed by atoms with E-state index in [2.05, 4.69) is 26.8 Å². The van der Waals surface area contributed by atoms with Crippen LogP contribution >= 0.6 is 22.9 Å². The summed E-state index contributed by atoms with van der Waals surface area (Å²) in [5, 5.41) is 24.2. The van der Waals surface area contributed by atoms with Crippen molar-refractivity contribution in [1.29, 1.82) is 5.26 Å². The van der Waals surface area contributed by atoms with Crippen LogP contribution in [0.15, 0.2) is 59.4 Å². The number of anilines is 3. The molecule has 3 aromatic carbocycles. The largest absolute Gasteiger partial charge is 0.461 e. The van der Waals surface area contributed by atoms with Gasteiger partial charge in [-0.1, -0.05) is 31.2 Å². The number of carbonyl (C=O) groups excluding carboxylic acids is 3. The van der Waals surface area contributed by atoms with E-state index in [0.717, 1.165) is 29.9 Å². The van der Waals surface area contributed by atoms with Crippen molar-refractivity contribution in [2.24, 2.45) is 0 Å². The third-order valence-electron chi connectivity index (χ3n) is 16.0. The second kappa shape index (κ2) is 19.2. The molecular weight excluding hydrogens is 1070 g/mol. The number of nitrogens with one attached hydrogen (secondary N) is 1. The summed E-state index contributed by atoms with van der Waals surface area (Å²) in [6.45, 7) is 7.88. The number of cyclic esters (lactones) is 1. The first-order chi connectivity index (χ1) is 37.8. The number of benzene rings is 3. The molecule has 24 heteroatoms. The van der Waals surface area contributed by atoms with Gasteiger partial charge in [-0.15, -0.1) is 11.3 Å². The second-order valence-electron chi connectivity index (χ2n) is 20.6. The Bertz CT molecular complexity index is 3970. The molecule has 0 radical (unpaired) electrons. The van der Waals surface area contributed by atoms with Crippen molar-refractivity contribution in [3.05, 3.63) is 110 Å². The van der Waals surface area contributed by atoms with Gasteiger partial charge in [0.15, 0.2) is 11.4 Å². The molecule has 406 valence electrons. The molecule has 12 rings (SSSR count). The lowest BCUT2D eigenvalue weighted by atomic mass is 9.86. The van der Waals surface area contributed by atoms with Crippen molar-refractivity contribution in [3.8, 4) is 34.6 Å². The topological polar surface area (TPSA) is 231 Å². The highest BCUT2D eigenvalue weighted by molar-refractivity contribution is 7.23. The maximum atomic E-state index is 17.4. The van der Waals surface area contributed by atoms with Crippen molar-refractivity contribution in [2.45, 2.75) is 76.0 Å². The van der Waals surface area contributed by atoms with E-state index in [-0.39, 0.29) is 146 Å². The van der Waals surface area contributed by atoms with Gasteiger partial charge >= 0.3 is 18.1 Å². The Morgan fingerprint density at radius 3 is 2.67 bits per heavy atom. The van der Waals surface area contributed by atoms with Gasteiger partial charge in [-0.3, -0.25) is 19.8 Å². The van der Waals surface area contributed by atoms with Crippen molar-refractivity contribution in [3.63, 3.8) is 0 Å². The Balaban J connectivity index is 0.756. The molecule has 0 saturated carbocycles. The summed E-state index contributed by atoms with van der Waals surface area (Å²) in [5.74, 6) is -3.58. The highest BCUT2D eigenvalue weighted by Crippen LogP contribution is 2.47. The molecule has 7 aromatic rings. The monoisotopic (exact) mass is 1120 g/mol. The zero-order valence-electron chi connectivity index (χ0n) is 42.4. The van der Waals surface area contributed by atoms with Gasteiger partial charge in [0.05, 0.1) is 55.5 Å². The number of rotatable bonds is 10. The Hall–Kier alpha value is -7.91. The Morgan fingerprint density at radius 2 is 1.90 bits per heavy atom. The first-order valence-corrected chi connectivity index (χ1v) is 26.6. The smallest absolute Gasteiger partial charge is 0.412 e. The number of hydrogen-bond donors (Lipinski definition) is 3. The maximum Gasteiger partial charge on any atom is 0.412 e. The molecule has 2 amide bonds. The number of hydrogen-bond acceptors (Lipinski definition) is 16. The predicted octanol–water partition coefficient (Wildman–Crippen LogP) is 8.23. The Morgan fingerprint density at radius 1 is 1.09 bits per heavy atom. The van der Waals surface area contributed by atoms with Crippen LogP contribution in [-0.4, -0.2) is 116 Å².